The van der Waals surface area contributed by atoms with Gasteiger partial charge in [-0.1, -0.05) is 23.2 Å². The molecule has 0 aliphatic heterocycles. The predicted molar refractivity (Wildman–Crippen MR) is 72.0 cm³/mol. The van der Waals surface area contributed by atoms with E-state index in [1.54, 1.807) is 12.2 Å². The van der Waals surface area contributed by atoms with Crippen molar-refractivity contribution in [3.63, 3.8) is 0 Å². The number of carbonyl (C=O) groups is 2. The molecule has 5 heteroatoms. The third-order valence-electron chi connectivity index (χ3n) is 2.52. The lowest BCUT2D eigenvalue weighted by atomic mass is 9.96. The van der Waals surface area contributed by atoms with Gasteiger partial charge in [0.05, 0.1) is 21.3 Å². The summed E-state index contributed by atoms with van der Waals surface area (Å²) in [4.78, 5) is 26.8. The second kappa shape index (κ2) is 4.67. The zero-order valence-electron chi connectivity index (χ0n) is 9.48. The first kappa shape index (κ1) is 13.0. The standard InChI is InChI=1S/C13H9Cl2NO2/c1-13(4-2-9(17)3-5-13)16-8-6-10(14)12(18)11(15)7-8/h2-7H,1H3. The van der Waals surface area contributed by atoms with Gasteiger partial charge in [0, 0.05) is 0 Å². The van der Waals surface area contributed by atoms with Gasteiger partial charge in [-0.15, -0.1) is 0 Å². The van der Waals surface area contributed by atoms with Crippen LogP contribution in [0, 0.1) is 0 Å². The summed E-state index contributed by atoms with van der Waals surface area (Å²) in [7, 11) is 0. The lowest BCUT2D eigenvalue weighted by Crippen LogP contribution is -2.21. The fourth-order valence-corrected chi connectivity index (χ4v) is 2.05. The number of rotatable bonds is 1. The van der Waals surface area contributed by atoms with E-state index in [0.29, 0.717) is 5.71 Å². The van der Waals surface area contributed by atoms with Crippen LogP contribution in [0.4, 0.5) is 0 Å². The van der Waals surface area contributed by atoms with Crippen molar-refractivity contribution in [2.75, 3.05) is 0 Å². The van der Waals surface area contributed by atoms with E-state index in [2.05, 4.69) is 4.99 Å². The second-order valence-corrected chi connectivity index (χ2v) is 4.96. The Morgan fingerprint density at radius 3 is 2.06 bits per heavy atom. The van der Waals surface area contributed by atoms with Crippen LogP contribution in [0.25, 0.3) is 0 Å². The lowest BCUT2D eigenvalue weighted by Gasteiger charge is -2.20. The third-order valence-corrected chi connectivity index (χ3v) is 3.08. The molecule has 0 saturated heterocycles. The van der Waals surface area contributed by atoms with Gasteiger partial charge in [-0.2, -0.15) is 0 Å². The van der Waals surface area contributed by atoms with E-state index in [1.807, 2.05) is 6.92 Å². The van der Waals surface area contributed by atoms with Crippen LogP contribution in [0.15, 0.2) is 51.5 Å². The molecule has 0 atom stereocenters. The molecular weight excluding hydrogens is 273 g/mol. The molecule has 0 saturated carbocycles. The average Bonchev–Trinajstić information content (AvgIpc) is 2.30. The van der Waals surface area contributed by atoms with E-state index in [1.165, 1.54) is 24.3 Å². The van der Waals surface area contributed by atoms with Gasteiger partial charge < -0.3 is 0 Å². The van der Waals surface area contributed by atoms with Crippen LogP contribution in [-0.4, -0.2) is 22.8 Å². The van der Waals surface area contributed by atoms with Crippen molar-refractivity contribution in [3.05, 3.63) is 46.5 Å². The number of nitrogens with zero attached hydrogens (tertiary/aromatic N) is 1. The van der Waals surface area contributed by atoms with Crippen LogP contribution in [0.3, 0.4) is 0 Å². The number of hydrogen-bond acceptors (Lipinski definition) is 3. The van der Waals surface area contributed by atoms with E-state index < -0.39 is 11.3 Å². The van der Waals surface area contributed by atoms with E-state index in [4.69, 9.17) is 23.2 Å². The first-order chi connectivity index (χ1) is 8.39. The molecule has 2 aliphatic carbocycles. The van der Waals surface area contributed by atoms with Crippen molar-refractivity contribution in [2.24, 2.45) is 4.99 Å². The molecule has 0 fully saturated rings. The monoisotopic (exact) mass is 281 g/mol. The molecule has 0 N–H and O–H groups in total. The van der Waals surface area contributed by atoms with Gasteiger partial charge in [0.1, 0.15) is 0 Å². The van der Waals surface area contributed by atoms with Crippen LogP contribution in [-0.2, 0) is 9.59 Å². The van der Waals surface area contributed by atoms with E-state index in [-0.39, 0.29) is 15.8 Å². The SMILES string of the molecule is CC1(N=C2C=C(Cl)C(=O)C(Cl)=C2)C=CC(=O)C=C1. The molecule has 18 heavy (non-hydrogen) atoms. The zero-order valence-corrected chi connectivity index (χ0v) is 11.0. The van der Waals surface area contributed by atoms with Crippen LogP contribution in [0.1, 0.15) is 6.92 Å². The van der Waals surface area contributed by atoms with Crippen molar-refractivity contribution in [1.82, 2.24) is 0 Å². The van der Waals surface area contributed by atoms with Crippen molar-refractivity contribution in [1.29, 1.82) is 0 Å². The van der Waals surface area contributed by atoms with Crippen molar-refractivity contribution >= 4 is 40.5 Å². The summed E-state index contributed by atoms with van der Waals surface area (Å²) < 4.78 is 0. The van der Waals surface area contributed by atoms with Crippen LogP contribution < -0.4 is 0 Å². The van der Waals surface area contributed by atoms with Crippen molar-refractivity contribution < 1.29 is 9.59 Å². The number of Topliss-reactive ketones (excluding diaryl/α,β-unsaturated/α-hetero) is 1. The van der Waals surface area contributed by atoms with Gasteiger partial charge in [-0.25, -0.2) is 0 Å². The Bertz CT molecular complexity index is 540. The minimum atomic E-state index is -0.634. The molecule has 0 unspecified atom stereocenters. The number of ketones is 2. The highest BCUT2D eigenvalue weighted by Gasteiger charge is 2.22. The highest BCUT2D eigenvalue weighted by molar-refractivity contribution is 6.57. The summed E-state index contributed by atoms with van der Waals surface area (Å²) in [6, 6.07) is 0. The van der Waals surface area contributed by atoms with Gasteiger partial charge in [0.2, 0.25) is 5.78 Å². The maximum Gasteiger partial charge on any atom is 0.215 e. The summed E-state index contributed by atoms with van der Waals surface area (Å²) in [5.41, 5.74) is -0.138. The summed E-state index contributed by atoms with van der Waals surface area (Å²) >= 11 is 11.5. The van der Waals surface area contributed by atoms with Gasteiger partial charge in [0.15, 0.2) is 5.78 Å². The van der Waals surface area contributed by atoms with Gasteiger partial charge >= 0.3 is 0 Å². The minimum Gasteiger partial charge on any atom is -0.290 e. The Morgan fingerprint density at radius 2 is 1.56 bits per heavy atom. The summed E-state index contributed by atoms with van der Waals surface area (Å²) in [6.07, 6.45) is 9.19. The highest BCUT2D eigenvalue weighted by Crippen LogP contribution is 2.23. The molecule has 0 aromatic heterocycles. The topological polar surface area (TPSA) is 46.5 Å². The molecule has 0 radical (unpaired) electrons. The zero-order chi connectivity index (χ0) is 13.3. The smallest absolute Gasteiger partial charge is 0.215 e. The Balaban J connectivity index is 2.36. The molecule has 0 heterocycles. The van der Waals surface area contributed by atoms with Crippen molar-refractivity contribution in [3.8, 4) is 0 Å². The van der Waals surface area contributed by atoms with Crippen molar-refractivity contribution in [2.45, 2.75) is 12.5 Å². The first-order valence-corrected chi connectivity index (χ1v) is 5.97. The lowest BCUT2D eigenvalue weighted by molar-refractivity contribution is -0.111. The number of halogens is 2. The van der Waals surface area contributed by atoms with E-state index in [9.17, 15) is 9.59 Å². The van der Waals surface area contributed by atoms with Gasteiger partial charge in [0.25, 0.3) is 0 Å². The summed E-state index contributed by atoms with van der Waals surface area (Å²) in [6.45, 7) is 1.83. The number of hydrogen-bond donors (Lipinski definition) is 0. The summed E-state index contributed by atoms with van der Waals surface area (Å²) in [5.74, 6) is -0.485. The average molecular weight is 282 g/mol. The van der Waals surface area contributed by atoms with E-state index >= 15 is 0 Å². The Hall–Kier alpha value is -1.45. The van der Waals surface area contributed by atoms with Crippen LogP contribution >= 0.6 is 23.2 Å². The molecular formula is C13H9Cl2NO2. The van der Waals surface area contributed by atoms with Crippen LogP contribution in [0.2, 0.25) is 0 Å². The molecule has 2 aliphatic rings. The van der Waals surface area contributed by atoms with Crippen LogP contribution in [0.5, 0.6) is 0 Å². The Kier molecular flexibility index (Phi) is 3.37. The Morgan fingerprint density at radius 1 is 1.06 bits per heavy atom. The molecule has 3 nitrogen and oxygen atoms in total. The fraction of sp³-hybridized carbons (Fsp3) is 0.154. The maximum absolute atomic E-state index is 11.4. The number of allylic oxidation sites excluding steroid dienone is 6. The molecule has 92 valence electrons. The highest BCUT2D eigenvalue weighted by atomic mass is 35.5. The van der Waals surface area contributed by atoms with E-state index in [0.717, 1.165) is 0 Å². The second-order valence-electron chi connectivity index (χ2n) is 4.15. The van der Waals surface area contributed by atoms with Gasteiger partial charge in [-0.05, 0) is 43.4 Å². The molecule has 0 spiro atoms. The largest absolute Gasteiger partial charge is 0.290 e. The Labute approximate surface area is 114 Å². The quantitative estimate of drug-likeness (QED) is 0.694. The third kappa shape index (κ3) is 2.68. The minimum absolute atomic E-state index is 0.0321. The normalized spacial score (nSPS) is 21.8. The number of carbonyl (C=O) groups excluding carboxylic acids is 2. The molecule has 2 rings (SSSR count). The molecule has 0 aromatic rings. The summed E-state index contributed by atoms with van der Waals surface area (Å²) in [5, 5.41) is 0.0643. The molecule has 0 amide bonds. The molecule has 0 bridgehead atoms. The predicted octanol–water partition coefficient (Wildman–Crippen LogP) is 2.71. The first-order valence-electron chi connectivity index (χ1n) is 5.21. The maximum atomic E-state index is 11.4. The molecule has 0 aromatic carbocycles. The fourth-order valence-electron chi connectivity index (χ4n) is 1.58. The number of aliphatic imine (C=N–C) groups is 1. The van der Waals surface area contributed by atoms with Gasteiger partial charge in [-0.3, -0.25) is 14.6 Å².